The first-order valence-corrected chi connectivity index (χ1v) is 6.60. The van der Waals surface area contributed by atoms with Crippen molar-refractivity contribution in [3.05, 3.63) is 36.3 Å². The van der Waals surface area contributed by atoms with Gasteiger partial charge < -0.3 is 9.64 Å². The molecule has 3 heterocycles. The van der Waals surface area contributed by atoms with Gasteiger partial charge in [0.05, 0.1) is 19.0 Å². The molecule has 0 aliphatic carbocycles. The number of aromatic nitrogens is 3. The average Bonchev–Trinajstić information content (AvgIpc) is 3.02. The molecule has 3 rings (SSSR count). The number of hydrogen-bond acceptors (Lipinski definition) is 4. The molecule has 1 fully saturated rings. The van der Waals surface area contributed by atoms with Gasteiger partial charge in [-0.25, -0.2) is 4.98 Å². The Morgan fingerprint density at radius 1 is 1.26 bits per heavy atom. The number of H-pyrrole nitrogens is 1. The smallest absolute Gasteiger partial charge is 0.212 e. The minimum absolute atomic E-state index is 0.599. The van der Waals surface area contributed by atoms with Crippen molar-refractivity contribution in [3.63, 3.8) is 0 Å². The van der Waals surface area contributed by atoms with Gasteiger partial charge in [0, 0.05) is 31.5 Å². The third-order valence-electron chi connectivity index (χ3n) is 3.78. The van der Waals surface area contributed by atoms with Crippen LogP contribution in [0.5, 0.6) is 5.88 Å². The highest BCUT2D eigenvalue weighted by Gasteiger charge is 2.21. The Morgan fingerprint density at radius 3 is 2.68 bits per heavy atom. The van der Waals surface area contributed by atoms with Crippen LogP contribution in [0.3, 0.4) is 0 Å². The van der Waals surface area contributed by atoms with Gasteiger partial charge in [-0.3, -0.25) is 5.10 Å². The fraction of sp³-hybridized carbons (Fsp3) is 0.429. The van der Waals surface area contributed by atoms with Gasteiger partial charge in [0.15, 0.2) is 0 Å². The monoisotopic (exact) mass is 258 g/mol. The Kier molecular flexibility index (Phi) is 3.35. The minimum atomic E-state index is 0.599. The summed E-state index contributed by atoms with van der Waals surface area (Å²) < 4.78 is 5.09. The molecular formula is C14H18N4O. The second kappa shape index (κ2) is 5.30. The fourth-order valence-electron chi connectivity index (χ4n) is 2.64. The molecule has 5 heteroatoms. The number of aromatic amines is 1. The van der Waals surface area contributed by atoms with E-state index >= 15 is 0 Å². The zero-order chi connectivity index (χ0) is 13.1. The first-order valence-electron chi connectivity index (χ1n) is 6.60. The van der Waals surface area contributed by atoms with E-state index < -0.39 is 0 Å². The second-order valence-corrected chi connectivity index (χ2v) is 4.85. The number of methoxy groups -OCH3 is 1. The summed E-state index contributed by atoms with van der Waals surface area (Å²) >= 11 is 0. The van der Waals surface area contributed by atoms with Crippen LogP contribution < -0.4 is 9.64 Å². The SMILES string of the molecule is COc1ccc(C2CCN(c3cn[nH]c3)CC2)cn1. The fourth-order valence-corrected chi connectivity index (χ4v) is 2.64. The highest BCUT2D eigenvalue weighted by molar-refractivity contribution is 5.42. The van der Waals surface area contributed by atoms with Crippen LogP contribution in [-0.4, -0.2) is 35.4 Å². The van der Waals surface area contributed by atoms with E-state index in [-0.39, 0.29) is 0 Å². The number of ether oxygens (including phenoxy) is 1. The molecule has 2 aromatic heterocycles. The van der Waals surface area contributed by atoms with Gasteiger partial charge in [-0.1, -0.05) is 6.07 Å². The first-order chi connectivity index (χ1) is 9.36. The number of rotatable bonds is 3. The number of pyridine rings is 1. The van der Waals surface area contributed by atoms with E-state index in [1.807, 2.05) is 24.7 Å². The van der Waals surface area contributed by atoms with Crippen LogP contribution in [0.25, 0.3) is 0 Å². The topological polar surface area (TPSA) is 54.0 Å². The van der Waals surface area contributed by atoms with Crippen molar-refractivity contribution in [1.29, 1.82) is 0 Å². The summed E-state index contributed by atoms with van der Waals surface area (Å²) in [6.45, 7) is 2.13. The molecule has 0 radical (unpaired) electrons. The molecule has 0 unspecified atom stereocenters. The molecule has 0 atom stereocenters. The zero-order valence-electron chi connectivity index (χ0n) is 11.0. The highest BCUT2D eigenvalue weighted by atomic mass is 16.5. The van der Waals surface area contributed by atoms with Gasteiger partial charge in [0.2, 0.25) is 5.88 Å². The van der Waals surface area contributed by atoms with E-state index in [9.17, 15) is 0 Å². The Labute approximate surface area is 112 Å². The summed E-state index contributed by atoms with van der Waals surface area (Å²) in [6.07, 6.45) is 8.08. The van der Waals surface area contributed by atoms with Gasteiger partial charge in [-0.2, -0.15) is 5.10 Å². The van der Waals surface area contributed by atoms with Gasteiger partial charge in [-0.15, -0.1) is 0 Å². The standard InChI is InChI=1S/C14H18N4O/c1-19-14-3-2-12(8-15-14)11-4-6-18(7-5-11)13-9-16-17-10-13/h2-3,8-11H,4-7H2,1H3,(H,16,17). The molecule has 0 spiro atoms. The van der Waals surface area contributed by atoms with E-state index in [0.29, 0.717) is 11.8 Å². The largest absolute Gasteiger partial charge is 0.481 e. The molecule has 19 heavy (non-hydrogen) atoms. The van der Waals surface area contributed by atoms with Crippen molar-refractivity contribution in [2.45, 2.75) is 18.8 Å². The third kappa shape index (κ3) is 2.54. The summed E-state index contributed by atoms with van der Waals surface area (Å²) in [6, 6.07) is 4.07. The molecule has 1 N–H and O–H groups in total. The molecule has 1 aliphatic rings. The summed E-state index contributed by atoms with van der Waals surface area (Å²) in [5.74, 6) is 1.28. The number of hydrogen-bond donors (Lipinski definition) is 1. The van der Waals surface area contributed by atoms with Gasteiger partial charge in [-0.05, 0) is 24.3 Å². The quantitative estimate of drug-likeness (QED) is 0.917. The number of nitrogens with one attached hydrogen (secondary N) is 1. The predicted octanol–water partition coefficient (Wildman–Crippen LogP) is 2.20. The molecule has 1 aliphatic heterocycles. The van der Waals surface area contributed by atoms with E-state index in [1.54, 1.807) is 7.11 Å². The molecule has 2 aromatic rings. The summed E-state index contributed by atoms with van der Waals surface area (Å²) in [7, 11) is 1.64. The maximum Gasteiger partial charge on any atom is 0.212 e. The van der Waals surface area contributed by atoms with Crippen molar-refractivity contribution >= 4 is 5.69 Å². The maximum atomic E-state index is 5.09. The number of piperidine rings is 1. The second-order valence-electron chi connectivity index (χ2n) is 4.85. The van der Waals surface area contributed by atoms with E-state index in [4.69, 9.17) is 4.74 Å². The lowest BCUT2D eigenvalue weighted by molar-refractivity contribution is 0.396. The molecule has 0 saturated carbocycles. The van der Waals surface area contributed by atoms with Crippen molar-refractivity contribution in [2.75, 3.05) is 25.1 Å². The normalized spacial score (nSPS) is 16.6. The highest BCUT2D eigenvalue weighted by Crippen LogP contribution is 2.30. The molecular weight excluding hydrogens is 240 g/mol. The van der Waals surface area contributed by atoms with Gasteiger partial charge >= 0.3 is 0 Å². The molecule has 100 valence electrons. The van der Waals surface area contributed by atoms with Crippen LogP contribution in [0, 0.1) is 0 Å². The van der Waals surface area contributed by atoms with E-state index in [2.05, 4.69) is 26.1 Å². The summed E-state index contributed by atoms with van der Waals surface area (Å²) in [4.78, 5) is 6.66. The lowest BCUT2D eigenvalue weighted by atomic mass is 9.90. The van der Waals surface area contributed by atoms with E-state index in [1.165, 1.54) is 11.3 Å². The van der Waals surface area contributed by atoms with Crippen LogP contribution in [0.15, 0.2) is 30.7 Å². The molecule has 5 nitrogen and oxygen atoms in total. The lowest BCUT2D eigenvalue weighted by Gasteiger charge is -2.32. The van der Waals surface area contributed by atoms with Crippen molar-refractivity contribution < 1.29 is 4.74 Å². The maximum absolute atomic E-state index is 5.09. The van der Waals surface area contributed by atoms with Crippen LogP contribution in [-0.2, 0) is 0 Å². The lowest BCUT2D eigenvalue weighted by Crippen LogP contribution is -2.32. The predicted molar refractivity (Wildman–Crippen MR) is 73.6 cm³/mol. The summed E-state index contributed by atoms with van der Waals surface area (Å²) in [5, 5.41) is 6.87. The van der Waals surface area contributed by atoms with Gasteiger partial charge in [0.25, 0.3) is 0 Å². The number of nitrogens with zero attached hydrogens (tertiary/aromatic N) is 3. The Bertz CT molecular complexity index is 501. The molecule has 0 amide bonds. The van der Waals surface area contributed by atoms with Gasteiger partial charge in [0.1, 0.15) is 0 Å². The van der Waals surface area contributed by atoms with E-state index in [0.717, 1.165) is 25.9 Å². The minimum Gasteiger partial charge on any atom is -0.481 e. The van der Waals surface area contributed by atoms with Crippen LogP contribution >= 0.6 is 0 Å². The zero-order valence-corrected chi connectivity index (χ0v) is 11.0. The Hall–Kier alpha value is -2.04. The van der Waals surface area contributed by atoms with Crippen molar-refractivity contribution in [3.8, 4) is 5.88 Å². The molecule has 1 saturated heterocycles. The first kappa shape index (κ1) is 12.0. The van der Waals surface area contributed by atoms with Crippen LogP contribution in [0.4, 0.5) is 5.69 Å². The van der Waals surface area contributed by atoms with Crippen molar-refractivity contribution in [2.24, 2.45) is 0 Å². The molecule has 0 aromatic carbocycles. The van der Waals surface area contributed by atoms with Crippen LogP contribution in [0.2, 0.25) is 0 Å². The Balaban J connectivity index is 1.63. The van der Waals surface area contributed by atoms with Crippen molar-refractivity contribution in [1.82, 2.24) is 15.2 Å². The van der Waals surface area contributed by atoms with Crippen LogP contribution in [0.1, 0.15) is 24.3 Å². The number of anilines is 1. The average molecular weight is 258 g/mol. The summed E-state index contributed by atoms with van der Waals surface area (Å²) in [5.41, 5.74) is 2.50. The molecule has 0 bridgehead atoms. The third-order valence-corrected chi connectivity index (χ3v) is 3.78. The Morgan fingerprint density at radius 2 is 2.11 bits per heavy atom.